The van der Waals surface area contributed by atoms with Crippen LogP contribution in [0.15, 0.2) is 30.3 Å². The van der Waals surface area contributed by atoms with E-state index >= 15 is 0 Å². The highest BCUT2D eigenvalue weighted by Gasteiger charge is 2.27. The fourth-order valence-corrected chi connectivity index (χ4v) is 2.75. The van der Waals surface area contributed by atoms with Crippen molar-refractivity contribution in [3.8, 4) is 0 Å². The molecule has 0 spiro atoms. The summed E-state index contributed by atoms with van der Waals surface area (Å²) in [6.45, 7) is 5.25. The van der Waals surface area contributed by atoms with Crippen LogP contribution in [0.2, 0.25) is 0 Å². The van der Waals surface area contributed by atoms with E-state index in [0.29, 0.717) is 24.4 Å². The van der Waals surface area contributed by atoms with Crippen LogP contribution in [0.3, 0.4) is 0 Å². The minimum Gasteiger partial charge on any atom is -0.378 e. The molecule has 1 unspecified atom stereocenters. The summed E-state index contributed by atoms with van der Waals surface area (Å²) >= 11 is 0. The van der Waals surface area contributed by atoms with Gasteiger partial charge in [0.2, 0.25) is 0 Å². The number of rotatable bonds is 5. The summed E-state index contributed by atoms with van der Waals surface area (Å²) in [7, 11) is 0. The Morgan fingerprint density at radius 3 is 2.79 bits per heavy atom. The van der Waals surface area contributed by atoms with E-state index < -0.39 is 0 Å². The van der Waals surface area contributed by atoms with Crippen LogP contribution in [0.5, 0.6) is 0 Å². The third-order valence-corrected chi connectivity index (χ3v) is 4.27. The van der Waals surface area contributed by atoms with Crippen molar-refractivity contribution in [2.24, 2.45) is 11.8 Å². The molecule has 0 aliphatic carbocycles. The second-order valence-corrected chi connectivity index (χ2v) is 5.68. The van der Waals surface area contributed by atoms with Gasteiger partial charge in [0.15, 0.2) is 5.78 Å². The van der Waals surface area contributed by atoms with Gasteiger partial charge in [-0.3, -0.25) is 4.79 Å². The van der Waals surface area contributed by atoms with Crippen molar-refractivity contribution in [1.82, 2.24) is 0 Å². The molecule has 0 saturated carbocycles. The molecule has 0 radical (unpaired) electrons. The first-order valence-electron chi connectivity index (χ1n) is 7.40. The van der Waals surface area contributed by atoms with Gasteiger partial charge in [-0.05, 0) is 24.7 Å². The third kappa shape index (κ3) is 3.90. The second kappa shape index (κ2) is 6.85. The van der Waals surface area contributed by atoms with Gasteiger partial charge in [0, 0.05) is 18.6 Å². The molecule has 0 amide bonds. The molecule has 0 aromatic heterocycles. The minimum atomic E-state index is 0.274. The van der Waals surface area contributed by atoms with E-state index in [4.69, 9.17) is 4.74 Å². The highest BCUT2D eigenvalue weighted by atomic mass is 16.5. The molecule has 1 aliphatic rings. The van der Waals surface area contributed by atoms with Crippen molar-refractivity contribution in [2.45, 2.75) is 45.6 Å². The zero-order valence-corrected chi connectivity index (χ0v) is 12.0. The number of benzene rings is 1. The van der Waals surface area contributed by atoms with Crippen LogP contribution in [0, 0.1) is 11.8 Å². The Bertz CT molecular complexity index is 399. The molecule has 2 nitrogen and oxygen atoms in total. The number of Topliss-reactive ketones (excluding diaryl/α,β-unsaturated/α-hetero) is 1. The van der Waals surface area contributed by atoms with Crippen LogP contribution < -0.4 is 0 Å². The van der Waals surface area contributed by atoms with E-state index in [1.807, 2.05) is 30.3 Å². The maximum atomic E-state index is 12.2. The lowest BCUT2D eigenvalue weighted by molar-refractivity contribution is -0.0388. The van der Waals surface area contributed by atoms with Gasteiger partial charge in [-0.25, -0.2) is 0 Å². The van der Waals surface area contributed by atoms with Gasteiger partial charge >= 0.3 is 0 Å². The van der Waals surface area contributed by atoms with Crippen molar-refractivity contribution in [3.05, 3.63) is 35.9 Å². The van der Waals surface area contributed by atoms with E-state index in [-0.39, 0.29) is 5.78 Å². The molecule has 1 aliphatic heterocycles. The average molecular weight is 260 g/mol. The summed E-state index contributed by atoms with van der Waals surface area (Å²) in [5.74, 6) is 1.35. The molecular formula is C17H24O2. The monoisotopic (exact) mass is 260 g/mol. The lowest BCUT2D eigenvalue weighted by Crippen LogP contribution is -2.31. The van der Waals surface area contributed by atoms with Gasteiger partial charge in [-0.1, -0.05) is 50.6 Å². The first kappa shape index (κ1) is 14.3. The molecule has 3 atom stereocenters. The highest BCUT2D eigenvalue weighted by Crippen LogP contribution is 2.29. The van der Waals surface area contributed by atoms with Crippen LogP contribution in [-0.2, 0) is 4.74 Å². The molecule has 2 heteroatoms. The average Bonchev–Trinajstić information content (AvgIpc) is 2.47. The first-order chi connectivity index (χ1) is 9.20. The van der Waals surface area contributed by atoms with Gasteiger partial charge in [0.1, 0.15) is 0 Å². The Labute approximate surface area is 116 Å². The Morgan fingerprint density at radius 2 is 2.11 bits per heavy atom. The van der Waals surface area contributed by atoms with Crippen molar-refractivity contribution in [3.63, 3.8) is 0 Å². The van der Waals surface area contributed by atoms with Crippen LogP contribution in [0.25, 0.3) is 0 Å². The molecule has 2 rings (SSSR count). The predicted molar refractivity (Wildman–Crippen MR) is 77.3 cm³/mol. The topological polar surface area (TPSA) is 26.3 Å². The van der Waals surface area contributed by atoms with Crippen molar-refractivity contribution in [1.29, 1.82) is 0 Å². The van der Waals surface area contributed by atoms with E-state index in [9.17, 15) is 4.79 Å². The lowest BCUT2D eigenvalue weighted by Gasteiger charge is -2.32. The number of hydrogen-bond acceptors (Lipinski definition) is 2. The van der Waals surface area contributed by atoms with E-state index in [1.54, 1.807) is 0 Å². The standard InChI is InChI=1S/C17H24O2/c1-3-13(2)17-12-14(9-10-19-17)11-16(18)15-7-5-4-6-8-15/h4-8,13-14,17H,3,9-12H2,1-2H3/t13?,14-,17-/m1/s1. The van der Waals surface area contributed by atoms with Gasteiger partial charge in [0.25, 0.3) is 0 Å². The number of carbonyl (C=O) groups is 1. The first-order valence-corrected chi connectivity index (χ1v) is 7.40. The number of carbonyl (C=O) groups excluding carboxylic acids is 1. The quantitative estimate of drug-likeness (QED) is 0.745. The summed E-state index contributed by atoms with van der Waals surface area (Å²) < 4.78 is 5.84. The number of ether oxygens (including phenoxy) is 1. The number of ketones is 1. The fourth-order valence-electron chi connectivity index (χ4n) is 2.75. The van der Waals surface area contributed by atoms with Crippen LogP contribution in [-0.4, -0.2) is 18.5 Å². The second-order valence-electron chi connectivity index (χ2n) is 5.68. The maximum absolute atomic E-state index is 12.2. The Hall–Kier alpha value is -1.15. The van der Waals surface area contributed by atoms with E-state index in [1.165, 1.54) is 0 Å². The summed E-state index contributed by atoms with van der Waals surface area (Å²) in [5, 5.41) is 0. The molecule has 1 aromatic carbocycles. The third-order valence-electron chi connectivity index (χ3n) is 4.27. The summed E-state index contributed by atoms with van der Waals surface area (Å²) in [6, 6.07) is 9.63. The predicted octanol–water partition coefficient (Wildman–Crippen LogP) is 4.10. The number of hydrogen-bond donors (Lipinski definition) is 0. The fraction of sp³-hybridized carbons (Fsp3) is 0.588. The lowest BCUT2D eigenvalue weighted by atomic mass is 9.85. The molecular weight excluding hydrogens is 236 g/mol. The minimum absolute atomic E-state index is 0.274. The molecule has 1 heterocycles. The van der Waals surface area contributed by atoms with Crippen molar-refractivity contribution < 1.29 is 9.53 Å². The van der Waals surface area contributed by atoms with Crippen molar-refractivity contribution in [2.75, 3.05) is 6.61 Å². The van der Waals surface area contributed by atoms with Gasteiger partial charge in [-0.2, -0.15) is 0 Å². The molecule has 1 saturated heterocycles. The van der Waals surface area contributed by atoms with Gasteiger partial charge in [0.05, 0.1) is 6.10 Å². The Balaban J connectivity index is 1.90. The molecule has 104 valence electrons. The molecule has 1 fully saturated rings. The van der Waals surface area contributed by atoms with Gasteiger partial charge in [-0.15, -0.1) is 0 Å². The summed E-state index contributed by atoms with van der Waals surface area (Å²) in [4.78, 5) is 12.2. The SMILES string of the molecule is CCC(C)[C@H]1C[C@@H](CC(=O)c2ccccc2)CCO1. The Morgan fingerprint density at radius 1 is 1.37 bits per heavy atom. The zero-order chi connectivity index (χ0) is 13.7. The molecule has 0 N–H and O–H groups in total. The van der Waals surface area contributed by atoms with E-state index in [0.717, 1.165) is 31.4 Å². The van der Waals surface area contributed by atoms with E-state index in [2.05, 4.69) is 13.8 Å². The van der Waals surface area contributed by atoms with Gasteiger partial charge < -0.3 is 4.74 Å². The van der Waals surface area contributed by atoms with Crippen molar-refractivity contribution >= 4 is 5.78 Å². The normalized spacial score (nSPS) is 24.9. The molecule has 19 heavy (non-hydrogen) atoms. The smallest absolute Gasteiger partial charge is 0.163 e. The maximum Gasteiger partial charge on any atom is 0.163 e. The summed E-state index contributed by atoms with van der Waals surface area (Å²) in [6.07, 6.45) is 4.20. The van der Waals surface area contributed by atoms with Crippen LogP contribution in [0.1, 0.15) is 49.9 Å². The zero-order valence-electron chi connectivity index (χ0n) is 12.0. The Kier molecular flexibility index (Phi) is 5.15. The van der Waals surface area contributed by atoms with Crippen LogP contribution >= 0.6 is 0 Å². The molecule has 0 bridgehead atoms. The highest BCUT2D eigenvalue weighted by molar-refractivity contribution is 5.96. The largest absolute Gasteiger partial charge is 0.378 e. The summed E-state index contributed by atoms with van der Waals surface area (Å²) in [5.41, 5.74) is 0.842. The van der Waals surface area contributed by atoms with Crippen LogP contribution in [0.4, 0.5) is 0 Å². The molecule has 1 aromatic rings.